The van der Waals surface area contributed by atoms with Crippen LogP contribution in [0.4, 0.5) is 0 Å². The van der Waals surface area contributed by atoms with E-state index in [9.17, 15) is 4.79 Å². The van der Waals surface area contributed by atoms with E-state index < -0.39 is 6.04 Å². The Morgan fingerprint density at radius 2 is 2.07 bits per heavy atom. The van der Waals surface area contributed by atoms with Crippen LogP contribution in [0.1, 0.15) is 39.5 Å². The summed E-state index contributed by atoms with van der Waals surface area (Å²) in [7, 11) is 0. The molecule has 2 atom stereocenters. The first-order valence-electron chi connectivity index (χ1n) is 5.28. The summed E-state index contributed by atoms with van der Waals surface area (Å²) < 4.78 is 5.10. The maximum absolute atomic E-state index is 11.3. The average Bonchev–Trinajstić information content (AvgIpc) is 2.17. The quantitative estimate of drug-likeness (QED) is 0.472. The first-order chi connectivity index (χ1) is 6.61. The Kier molecular flexibility index (Phi) is 7.42. The lowest BCUT2D eigenvalue weighted by Crippen LogP contribution is -2.34. The molecule has 0 aliphatic rings. The molecule has 0 amide bonds. The number of ether oxygens (including phenoxy) is 1. The molecule has 0 fully saturated rings. The number of carbonyl (C=O) groups is 1. The van der Waals surface area contributed by atoms with Gasteiger partial charge < -0.3 is 16.2 Å². The molecule has 0 aliphatic carbocycles. The minimum absolute atomic E-state index is 0.0388. The highest BCUT2D eigenvalue weighted by Crippen LogP contribution is 2.03. The fourth-order valence-corrected chi connectivity index (χ4v) is 0.995. The second-order valence-electron chi connectivity index (χ2n) is 3.55. The van der Waals surface area contributed by atoms with E-state index in [1.165, 1.54) is 0 Å². The molecule has 4 heteroatoms. The van der Waals surface area contributed by atoms with Gasteiger partial charge >= 0.3 is 5.97 Å². The number of esters is 1. The van der Waals surface area contributed by atoms with Crippen molar-refractivity contribution >= 4 is 5.97 Å². The van der Waals surface area contributed by atoms with E-state index in [1.807, 2.05) is 13.8 Å². The van der Waals surface area contributed by atoms with Gasteiger partial charge in [0.25, 0.3) is 0 Å². The predicted octanol–water partition coefficient (Wildman–Crippen LogP) is 0.784. The Hall–Kier alpha value is -0.610. The van der Waals surface area contributed by atoms with Crippen LogP contribution >= 0.6 is 0 Å². The van der Waals surface area contributed by atoms with E-state index >= 15 is 0 Å². The van der Waals surface area contributed by atoms with Crippen LogP contribution in [-0.2, 0) is 9.53 Å². The van der Waals surface area contributed by atoms with Gasteiger partial charge in [-0.25, -0.2) is 0 Å². The van der Waals surface area contributed by atoms with Crippen LogP contribution in [0.15, 0.2) is 0 Å². The van der Waals surface area contributed by atoms with Gasteiger partial charge in [-0.3, -0.25) is 4.79 Å². The molecule has 14 heavy (non-hydrogen) atoms. The van der Waals surface area contributed by atoms with Gasteiger partial charge in [0.05, 0.1) is 6.10 Å². The fraction of sp³-hybridized carbons (Fsp3) is 0.900. The standard InChI is InChI=1S/C10H22N2O2/c1-3-8(2)14-10(13)9(12)6-4-5-7-11/h8-9H,3-7,11-12H2,1-2H3/t8?,9-/m0/s1. The zero-order chi connectivity index (χ0) is 11.0. The number of hydrogen-bond donors (Lipinski definition) is 2. The van der Waals surface area contributed by atoms with Crippen molar-refractivity contribution in [3.8, 4) is 0 Å². The predicted molar refractivity (Wildman–Crippen MR) is 56.7 cm³/mol. The molecule has 0 radical (unpaired) electrons. The van der Waals surface area contributed by atoms with Gasteiger partial charge in [0, 0.05) is 0 Å². The molecule has 0 rings (SSSR count). The molecule has 0 aliphatic heterocycles. The van der Waals surface area contributed by atoms with Crippen LogP contribution in [-0.4, -0.2) is 24.7 Å². The highest BCUT2D eigenvalue weighted by atomic mass is 16.5. The molecule has 84 valence electrons. The zero-order valence-corrected chi connectivity index (χ0v) is 9.16. The highest BCUT2D eigenvalue weighted by Gasteiger charge is 2.16. The molecular weight excluding hydrogens is 180 g/mol. The van der Waals surface area contributed by atoms with E-state index in [1.54, 1.807) is 0 Å². The number of nitrogens with two attached hydrogens (primary N) is 2. The van der Waals surface area contributed by atoms with Crippen molar-refractivity contribution in [1.82, 2.24) is 0 Å². The summed E-state index contributed by atoms with van der Waals surface area (Å²) in [4.78, 5) is 11.3. The Labute approximate surface area is 86.0 Å². The Morgan fingerprint density at radius 3 is 2.57 bits per heavy atom. The van der Waals surface area contributed by atoms with Crippen molar-refractivity contribution in [2.24, 2.45) is 11.5 Å². The van der Waals surface area contributed by atoms with Crippen molar-refractivity contribution in [3.05, 3.63) is 0 Å². The monoisotopic (exact) mass is 202 g/mol. The lowest BCUT2D eigenvalue weighted by molar-refractivity contribution is -0.150. The molecule has 4 nitrogen and oxygen atoms in total. The maximum Gasteiger partial charge on any atom is 0.323 e. The average molecular weight is 202 g/mol. The summed E-state index contributed by atoms with van der Waals surface area (Å²) in [5.74, 6) is -0.295. The number of rotatable bonds is 7. The molecule has 4 N–H and O–H groups in total. The lowest BCUT2D eigenvalue weighted by atomic mass is 10.1. The highest BCUT2D eigenvalue weighted by molar-refractivity contribution is 5.75. The molecule has 0 aromatic carbocycles. The second kappa shape index (κ2) is 7.76. The van der Waals surface area contributed by atoms with E-state index in [2.05, 4.69) is 0 Å². The molecule has 0 bridgehead atoms. The summed E-state index contributed by atoms with van der Waals surface area (Å²) in [6.45, 7) is 4.48. The summed E-state index contributed by atoms with van der Waals surface area (Å²) in [5, 5.41) is 0. The van der Waals surface area contributed by atoms with Gasteiger partial charge in [0.1, 0.15) is 6.04 Å². The van der Waals surface area contributed by atoms with Gasteiger partial charge in [0.15, 0.2) is 0 Å². The minimum Gasteiger partial charge on any atom is -0.462 e. The summed E-state index contributed by atoms with van der Waals surface area (Å²) in [6.07, 6.45) is 3.23. The first kappa shape index (κ1) is 13.4. The number of unbranched alkanes of at least 4 members (excludes halogenated alkanes) is 1. The molecule has 0 saturated carbocycles. The van der Waals surface area contributed by atoms with Gasteiger partial charge in [0.2, 0.25) is 0 Å². The van der Waals surface area contributed by atoms with Crippen LogP contribution < -0.4 is 11.5 Å². The van der Waals surface area contributed by atoms with Crippen LogP contribution in [0.2, 0.25) is 0 Å². The van der Waals surface area contributed by atoms with Gasteiger partial charge in [-0.05, 0) is 32.7 Å². The number of hydrogen-bond acceptors (Lipinski definition) is 4. The van der Waals surface area contributed by atoms with E-state index in [-0.39, 0.29) is 12.1 Å². The third kappa shape index (κ3) is 5.94. The lowest BCUT2D eigenvalue weighted by Gasteiger charge is -2.15. The Morgan fingerprint density at radius 1 is 1.43 bits per heavy atom. The van der Waals surface area contributed by atoms with Crippen LogP contribution in [0, 0.1) is 0 Å². The first-order valence-corrected chi connectivity index (χ1v) is 5.28. The molecule has 0 aromatic rings. The topological polar surface area (TPSA) is 78.3 Å². The third-order valence-corrected chi connectivity index (χ3v) is 2.16. The van der Waals surface area contributed by atoms with Crippen molar-refractivity contribution in [2.45, 2.75) is 51.7 Å². The second-order valence-corrected chi connectivity index (χ2v) is 3.55. The largest absolute Gasteiger partial charge is 0.462 e. The van der Waals surface area contributed by atoms with Crippen molar-refractivity contribution < 1.29 is 9.53 Å². The molecule has 0 saturated heterocycles. The Balaban J connectivity index is 3.64. The normalized spacial score (nSPS) is 14.9. The molecule has 0 aromatic heterocycles. The van der Waals surface area contributed by atoms with Crippen molar-refractivity contribution in [1.29, 1.82) is 0 Å². The van der Waals surface area contributed by atoms with E-state index in [0.717, 1.165) is 19.3 Å². The molecular formula is C10H22N2O2. The van der Waals surface area contributed by atoms with Crippen LogP contribution in [0.3, 0.4) is 0 Å². The van der Waals surface area contributed by atoms with Gasteiger partial charge in [-0.2, -0.15) is 0 Å². The van der Waals surface area contributed by atoms with Crippen molar-refractivity contribution in [3.63, 3.8) is 0 Å². The van der Waals surface area contributed by atoms with Crippen LogP contribution in [0.5, 0.6) is 0 Å². The zero-order valence-electron chi connectivity index (χ0n) is 9.16. The maximum atomic E-state index is 11.3. The van der Waals surface area contributed by atoms with Gasteiger partial charge in [-0.1, -0.05) is 13.3 Å². The summed E-state index contributed by atoms with van der Waals surface area (Å²) in [6, 6.07) is -0.490. The minimum atomic E-state index is -0.490. The van der Waals surface area contributed by atoms with E-state index in [4.69, 9.17) is 16.2 Å². The molecule has 0 heterocycles. The van der Waals surface area contributed by atoms with Crippen LogP contribution in [0.25, 0.3) is 0 Å². The smallest absolute Gasteiger partial charge is 0.323 e. The number of carbonyl (C=O) groups excluding carboxylic acids is 1. The van der Waals surface area contributed by atoms with Gasteiger partial charge in [-0.15, -0.1) is 0 Å². The third-order valence-electron chi connectivity index (χ3n) is 2.16. The van der Waals surface area contributed by atoms with E-state index in [0.29, 0.717) is 13.0 Å². The fourth-order valence-electron chi connectivity index (χ4n) is 0.995. The Bertz CT molecular complexity index is 162. The van der Waals surface area contributed by atoms with Crippen molar-refractivity contribution in [2.75, 3.05) is 6.54 Å². The molecule has 0 spiro atoms. The SMILES string of the molecule is CCC(C)OC(=O)[C@@H](N)CCCCN. The summed E-state index contributed by atoms with van der Waals surface area (Å²) in [5.41, 5.74) is 11.0. The summed E-state index contributed by atoms with van der Waals surface area (Å²) >= 11 is 0. The molecule has 1 unspecified atom stereocenters.